The van der Waals surface area contributed by atoms with Gasteiger partial charge in [-0.05, 0) is 38.1 Å². The van der Waals surface area contributed by atoms with Gasteiger partial charge in [-0.15, -0.1) is 10.2 Å². The standard InChI is InChI=1S/C21H22ClFN4O4S/c1-10(2)31-17-4-3-11(5-14(17)19(25)29)20-26-27-21(32-20)13-6-16(23)18(7-15(13)22)30-9-12(24)8-28/h3-7,10,12,28H,8-9,24H2,1-2H3,(H2,25,29). The Balaban J connectivity index is 1.89. The third-order valence-corrected chi connectivity index (χ3v) is 5.54. The van der Waals surface area contributed by atoms with Crippen molar-refractivity contribution in [2.45, 2.75) is 26.0 Å². The minimum Gasteiger partial charge on any atom is -0.490 e. The summed E-state index contributed by atoms with van der Waals surface area (Å²) in [4.78, 5) is 11.9. The van der Waals surface area contributed by atoms with Gasteiger partial charge in [-0.1, -0.05) is 22.9 Å². The van der Waals surface area contributed by atoms with E-state index in [9.17, 15) is 9.18 Å². The van der Waals surface area contributed by atoms with Gasteiger partial charge in [0, 0.05) is 17.2 Å². The molecule has 11 heteroatoms. The monoisotopic (exact) mass is 480 g/mol. The van der Waals surface area contributed by atoms with Crippen LogP contribution in [-0.4, -0.2) is 46.6 Å². The van der Waals surface area contributed by atoms with Crippen LogP contribution in [0.15, 0.2) is 30.3 Å². The lowest BCUT2D eigenvalue weighted by Gasteiger charge is -2.13. The number of ether oxygens (including phenoxy) is 2. The van der Waals surface area contributed by atoms with Crippen LogP contribution in [0.1, 0.15) is 24.2 Å². The summed E-state index contributed by atoms with van der Waals surface area (Å²) >= 11 is 7.48. The lowest BCUT2D eigenvalue weighted by Crippen LogP contribution is -2.31. The Hall–Kier alpha value is -2.79. The van der Waals surface area contributed by atoms with E-state index in [0.717, 1.165) is 0 Å². The van der Waals surface area contributed by atoms with Crippen LogP contribution in [0, 0.1) is 5.82 Å². The van der Waals surface area contributed by atoms with E-state index in [2.05, 4.69) is 10.2 Å². The average molecular weight is 481 g/mol. The molecule has 8 nitrogen and oxygen atoms in total. The number of amides is 1. The van der Waals surface area contributed by atoms with Gasteiger partial charge >= 0.3 is 0 Å². The molecule has 1 amide bonds. The number of hydrogen-bond donors (Lipinski definition) is 3. The van der Waals surface area contributed by atoms with Gasteiger partial charge in [0.15, 0.2) is 11.6 Å². The molecule has 0 aliphatic rings. The van der Waals surface area contributed by atoms with Crippen LogP contribution < -0.4 is 20.9 Å². The summed E-state index contributed by atoms with van der Waals surface area (Å²) < 4.78 is 25.4. The van der Waals surface area contributed by atoms with Gasteiger partial charge in [0.25, 0.3) is 5.91 Å². The molecular formula is C21H22ClFN4O4S. The number of nitrogens with two attached hydrogens (primary N) is 2. The molecule has 170 valence electrons. The molecule has 0 bridgehead atoms. The lowest BCUT2D eigenvalue weighted by atomic mass is 10.1. The number of benzene rings is 2. The Labute approximate surface area is 192 Å². The van der Waals surface area contributed by atoms with Gasteiger partial charge in [-0.2, -0.15) is 0 Å². The number of carbonyl (C=O) groups is 1. The first-order valence-electron chi connectivity index (χ1n) is 9.62. The molecule has 5 N–H and O–H groups in total. The Morgan fingerprint density at radius 1 is 1.22 bits per heavy atom. The van der Waals surface area contributed by atoms with Gasteiger partial charge in [-0.3, -0.25) is 4.79 Å². The Kier molecular flexibility index (Phi) is 7.62. The molecule has 1 atom stereocenters. The van der Waals surface area contributed by atoms with Crippen LogP contribution in [0.2, 0.25) is 5.02 Å². The zero-order chi connectivity index (χ0) is 23.4. The van der Waals surface area contributed by atoms with E-state index in [-0.39, 0.29) is 35.7 Å². The lowest BCUT2D eigenvalue weighted by molar-refractivity contribution is 0.0994. The highest BCUT2D eigenvalue weighted by Gasteiger charge is 2.18. The second-order valence-electron chi connectivity index (χ2n) is 7.17. The summed E-state index contributed by atoms with van der Waals surface area (Å²) in [5.74, 6) is -0.992. The van der Waals surface area contributed by atoms with E-state index in [4.69, 9.17) is 37.6 Å². The van der Waals surface area contributed by atoms with Crippen molar-refractivity contribution < 1.29 is 23.8 Å². The van der Waals surface area contributed by atoms with Gasteiger partial charge in [-0.25, -0.2) is 4.39 Å². The summed E-state index contributed by atoms with van der Waals surface area (Å²) in [5, 5.41) is 18.3. The van der Waals surface area contributed by atoms with E-state index in [0.29, 0.717) is 26.9 Å². The van der Waals surface area contributed by atoms with E-state index in [1.165, 1.54) is 23.5 Å². The maximum atomic E-state index is 14.5. The Morgan fingerprint density at radius 2 is 1.94 bits per heavy atom. The van der Waals surface area contributed by atoms with Gasteiger partial charge in [0.05, 0.1) is 29.3 Å². The highest BCUT2D eigenvalue weighted by Crippen LogP contribution is 2.38. The molecule has 32 heavy (non-hydrogen) atoms. The zero-order valence-electron chi connectivity index (χ0n) is 17.3. The molecule has 0 saturated heterocycles. The fraction of sp³-hybridized carbons (Fsp3) is 0.286. The Morgan fingerprint density at radius 3 is 2.59 bits per heavy atom. The molecule has 0 spiro atoms. The van der Waals surface area contributed by atoms with Crippen molar-refractivity contribution in [3.05, 3.63) is 46.7 Å². The molecule has 0 aliphatic carbocycles. The second kappa shape index (κ2) is 10.2. The first kappa shape index (κ1) is 23.9. The first-order chi connectivity index (χ1) is 15.2. The smallest absolute Gasteiger partial charge is 0.252 e. The van der Waals surface area contributed by atoms with Crippen molar-refractivity contribution in [3.8, 4) is 32.6 Å². The number of halogens is 2. The van der Waals surface area contributed by atoms with Crippen molar-refractivity contribution in [2.75, 3.05) is 13.2 Å². The topological polar surface area (TPSA) is 134 Å². The summed E-state index contributed by atoms with van der Waals surface area (Å²) in [6, 6.07) is 6.83. The number of primary amides is 1. The van der Waals surface area contributed by atoms with Crippen molar-refractivity contribution in [1.29, 1.82) is 0 Å². The Bertz CT molecular complexity index is 1130. The van der Waals surface area contributed by atoms with E-state index in [1.807, 2.05) is 13.8 Å². The summed E-state index contributed by atoms with van der Waals surface area (Å²) in [5.41, 5.74) is 12.2. The predicted octanol–water partition coefficient (Wildman–Crippen LogP) is 3.25. The van der Waals surface area contributed by atoms with Gasteiger partial charge in [0.2, 0.25) is 0 Å². The molecule has 1 unspecified atom stereocenters. The predicted molar refractivity (Wildman–Crippen MR) is 121 cm³/mol. The molecule has 0 saturated carbocycles. The highest BCUT2D eigenvalue weighted by molar-refractivity contribution is 7.18. The molecule has 2 aromatic carbocycles. The first-order valence-corrected chi connectivity index (χ1v) is 10.8. The van der Waals surface area contributed by atoms with Crippen LogP contribution in [0.5, 0.6) is 11.5 Å². The number of aliphatic hydroxyl groups excluding tert-OH is 1. The fourth-order valence-corrected chi connectivity index (χ4v) is 3.88. The molecule has 0 fully saturated rings. The number of aliphatic hydroxyl groups is 1. The molecule has 0 radical (unpaired) electrons. The maximum absolute atomic E-state index is 14.5. The number of aromatic nitrogens is 2. The fourth-order valence-electron chi connectivity index (χ4n) is 2.71. The molecular weight excluding hydrogens is 459 g/mol. The number of nitrogens with zero attached hydrogens (tertiary/aromatic N) is 2. The maximum Gasteiger partial charge on any atom is 0.252 e. The van der Waals surface area contributed by atoms with E-state index >= 15 is 0 Å². The number of carbonyl (C=O) groups excluding carboxylic acids is 1. The molecule has 1 heterocycles. The minimum absolute atomic E-state index is 0.0647. The van der Waals surface area contributed by atoms with E-state index < -0.39 is 17.8 Å². The van der Waals surface area contributed by atoms with Crippen molar-refractivity contribution in [3.63, 3.8) is 0 Å². The largest absolute Gasteiger partial charge is 0.490 e. The zero-order valence-corrected chi connectivity index (χ0v) is 18.9. The quantitative estimate of drug-likeness (QED) is 0.428. The van der Waals surface area contributed by atoms with Crippen LogP contribution in [0.25, 0.3) is 21.1 Å². The molecule has 0 aliphatic heterocycles. The summed E-state index contributed by atoms with van der Waals surface area (Å²) in [6.45, 7) is 3.33. The van der Waals surface area contributed by atoms with Crippen molar-refractivity contribution >= 4 is 28.8 Å². The SMILES string of the molecule is CC(C)Oc1ccc(-c2nnc(-c3cc(F)c(OCC(N)CO)cc3Cl)s2)cc1C(N)=O. The third-order valence-electron chi connectivity index (χ3n) is 4.22. The number of rotatable bonds is 9. The summed E-state index contributed by atoms with van der Waals surface area (Å²) in [6.07, 6.45) is -0.129. The highest BCUT2D eigenvalue weighted by atomic mass is 35.5. The molecule has 1 aromatic heterocycles. The van der Waals surface area contributed by atoms with Crippen LogP contribution >= 0.6 is 22.9 Å². The van der Waals surface area contributed by atoms with Gasteiger partial charge < -0.3 is 26.0 Å². The van der Waals surface area contributed by atoms with Crippen molar-refractivity contribution in [1.82, 2.24) is 10.2 Å². The van der Waals surface area contributed by atoms with Crippen LogP contribution in [0.3, 0.4) is 0 Å². The third kappa shape index (κ3) is 5.52. The van der Waals surface area contributed by atoms with Crippen molar-refractivity contribution in [2.24, 2.45) is 11.5 Å². The van der Waals surface area contributed by atoms with Gasteiger partial charge in [0.1, 0.15) is 22.4 Å². The average Bonchev–Trinajstić information content (AvgIpc) is 3.23. The molecule has 3 aromatic rings. The van der Waals surface area contributed by atoms with E-state index in [1.54, 1.807) is 18.2 Å². The summed E-state index contributed by atoms with van der Waals surface area (Å²) in [7, 11) is 0. The van der Waals surface area contributed by atoms with Crippen LogP contribution in [-0.2, 0) is 0 Å². The second-order valence-corrected chi connectivity index (χ2v) is 8.56. The normalized spacial score (nSPS) is 12.1. The van der Waals surface area contributed by atoms with Crippen LogP contribution in [0.4, 0.5) is 4.39 Å². The molecule has 3 rings (SSSR count). The minimum atomic E-state index is -0.655. The number of hydrogen-bond acceptors (Lipinski definition) is 8.